The van der Waals surface area contributed by atoms with Crippen LogP contribution in [-0.4, -0.2) is 29.1 Å². The zero-order valence-corrected chi connectivity index (χ0v) is 7.77. The van der Waals surface area contributed by atoms with Gasteiger partial charge in [0.05, 0.1) is 11.8 Å². The number of carbonyl (C=O) groups excluding carboxylic acids is 1. The molecule has 2 fully saturated rings. The molecule has 78 valence electrons. The number of amides is 1. The predicted molar refractivity (Wildman–Crippen MR) is 48.4 cm³/mol. The third-order valence-corrected chi connectivity index (χ3v) is 3.10. The molecule has 0 aromatic rings. The minimum Gasteiger partial charge on any atom is -0.481 e. The SMILES string of the molecule is NC1CC1NC(=O)[C@@H]1CC[C@@H]1C(=O)O. The van der Waals surface area contributed by atoms with Crippen molar-refractivity contribution in [3.63, 3.8) is 0 Å². The van der Waals surface area contributed by atoms with Gasteiger partial charge in [0.15, 0.2) is 0 Å². The second kappa shape index (κ2) is 3.24. The molecule has 4 atom stereocenters. The van der Waals surface area contributed by atoms with Crippen LogP contribution < -0.4 is 11.1 Å². The van der Waals surface area contributed by atoms with Gasteiger partial charge in [-0.05, 0) is 19.3 Å². The van der Waals surface area contributed by atoms with Crippen molar-refractivity contribution in [2.75, 3.05) is 0 Å². The molecule has 0 spiro atoms. The second-order valence-electron chi connectivity index (χ2n) is 4.14. The van der Waals surface area contributed by atoms with Crippen molar-refractivity contribution in [3.05, 3.63) is 0 Å². The second-order valence-corrected chi connectivity index (χ2v) is 4.14. The summed E-state index contributed by atoms with van der Waals surface area (Å²) in [7, 11) is 0. The minimum absolute atomic E-state index is 0.0716. The van der Waals surface area contributed by atoms with Gasteiger partial charge < -0.3 is 16.2 Å². The molecule has 2 saturated carbocycles. The third-order valence-electron chi connectivity index (χ3n) is 3.10. The van der Waals surface area contributed by atoms with Gasteiger partial charge in [-0.15, -0.1) is 0 Å². The van der Waals surface area contributed by atoms with Crippen LogP contribution in [0.4, 0.5) is 0 Å². The topological polar surface area (TPSA) is 92.4 Å². The van der Waals surface area contributed by atoms with Crippen LogP contribution in [0.25, 0.3) is 0 Å². The number of nitrogens with one attached hydrogen (secondary N) is 1. The summed E-state index contributed by atoms with van der Waals surface area (Å²) >= 11 is 0. The van der Waals surface area contributed by atoms with E-state index in [0.29, 0.717) is 12.8 Å². The third kappa shape index (κ3) is 1.59. The maximum atomic E-state index is 11.5. The van der Waals surface area contributed by atoms with Gasteiger partial charge in [0.25, 0.3) is 0 Å². The van der Waals surface area contributed by atoms with E-state index in [1.165, 1.54) is 0 Å². The van der Waals surface area contributed by atoms with Gasteiger partial charge in [0, 0.05) is 12.1 Å². The molecule has 2 unspecified atom stereocenters. The summed E-state index contributed by atoms with van der Waals surface area (Å²) in [6.45, 7) is 0. The highest BCUT2D eigenvalue weighted by molar-refractivity contribution is 5.86. The van der Waals surface area contributed by atoms with Crippen LogP contribution in [0.5, 0.6) is 0 Å². The molecular formula is C9H14N2O3. The Morgan fingerprint density at radius 3 is 2.21 bits per heavy atom. The van der Waals surface area contributed by atoms with E-state index in [0.717, 1.165) is 6.42 Å². The maximum Gasteiger partial charge on any atom is 0.307 e. The van der Waals surface area contributed by atoms with E-state index in [1.54, 1.807) is 0 Å². The molecule has 1 amide bonds. The van der Waals surface area contributed by atoms with Gasteiger partial charge in [-0.1, -0.05) is 0 Å². The molecule has 14 heavy (non-hydrogen) atoms. The largest absolute Gasteiger partial charge is 0.481 e. The lowest BCUT2D eigenvalue weighted by atomic mass is 9.73. The molecule has 0 aromatic heterocycles. The number of rotatable bonds is 3. The number of nitrogens with two attached hydrogens (primary N) is 1. The highest BCUT2D eigenvalue weighted by atomic mass is 16.4. The van der Waals surface area contributed by atoms with Gasteiger partial charge in [-0.25, -0.2) is 0 Å². The molecule has 4 N–H and O–H groups in total. The molecule has 0 aliphatic heterocycles. The minimum atomic E-state index is -0.864. The van der Waals surface area contributed by atoms with E-state index in [9.17, 15) is 9.59 Å². The van der Waals surface area contributed by atoms with E-state index in [-0.39, 0.29) is 23.9 Å². The number of hydrogen-bond acceptors (Lipinski definition) is 3. The lowest BCUT2D eigenvalue weighted by molar-refractivity contribution is -0.152. The highest BCUT2D eigenvalue weighted by Gasteiger charge is 2.44. The predicted octanol–water partition coefficient (Wildman–Crippen LogP) is -0.687. The summed E-state index contributed by atoms with van der Waals surface area (Å²) < 4.78 is 0. The molecule has 2 aliphatic carbocycles. The van der Waals surface area contributed by atoms with Crippen molar-refractivity contribution in [1.82, 2.24) is 5.32 Å². The number of carboxylic acid groups (broad SMARTS) is 1. The fraction of sp³-hybridized carbons (Fsp3) is 0.778. The van der Waals surface area contributed by atoms with Crippen LogP contribution in [-0.2, 0) is 9.59 Å². The van der Waals surface area contributed by atoms with Gasteiger partial charge in [0.1, 0.15) is 0 Å². The lowest BCUT2D eigenvalue weighted by Gasteiger charge is -2.31. The Bertz CT molecular complexity index is 279. The molecule has 0 saturated heterocycles. The number of carbonyl (C=O) groups is 2. The standard InChI is InChI=1S/C9H14N2O3/c10-6-3-7(6)11-8(12)4-1-2-5(4)9(13)14/h4-7H,1-3,10H2,(H,11,12)(H,13,14)/t4-,5+,6?,7?/m1/s1. The summed E-state index contributed by atoms with van der Waals surface area (Å²) in [6.07, 6.45) is 2.12. The smallest absolute Gasteiger partial charge is 0.307 e. The summed E-state index contributed by atoms with van der Waals surface area (Å²) in [5, 5.41) is 11.5. The molecule has 5 nitrogen and oxygen atoms in total. The number of aliphatic carboxylic acids is 1. The summed E-state index contributed by atoms with van der Waals surface area (Å²) in [6, 6.07) is 0.153. The lowest BCUT2D eigenvalue weighted by Crippen LogP contribution is -2.45. The Kier molecular flexibility index (Phi) is 2.19. The number of carboxylic acids is 1. The monoisotopic (exact) mass is 198 g/mol. The molecule has 0 aromatic carbocycles. The van der Waals surface area contributed by atoms with E-state index in [1.807, 2.05) is 0 Å². The van der Waals surface area contributed by atoms with E-state index in [2.05, 4.69) is 5.32 Å². The van der Waals surface area contributed by atoms with Crippen LogP contribution in [0.2, 0.25) is 0 Å². The Labute approximate surface area is 81.7 Å². The van der Waals surface area contributed by atoms with E-state index >= 15 is 0 Å². The average molecular weight is 198 g/mol. The zero-order chi connectivity index (χ0) is 10.3. The van der Waals surface area contributed by atoms with Crippen molar-refractivity contribution in [2.24, 2.45) is 17.6 Å². The van der Waals surface area contributed by atoms with Crippen molar-refractivity contribution in [3.8, 4) is 0 Å². The van der Waals surface area contributed by atoms with Gasteiger partial charge >= 0.3 is 5.97 Å². The van der Waals surface area contributed by atoms with Crippen molar-refractivity contribution < 1.29 is 14.7 Å². The molecular weight excluding hydrogens is 184 g/mol. The van der Waals surface area contributed by atoms with Crippen LogP contribution in [0.15, 0.2) is 0 Å². The van der Waals surface area contributed by atoms with Crippen molar-refractivity contribution >= 4 is 11.9 Å². The van der Waals surface area contributed by atoms with Gasteiger partial charge in [-0.3, -0.25) is 9.59 Å². The van der Waals surface area contributed by atoms with Crippen LogP contribution in [0.3, 0.4) is 0 Å². The first kappa shape index (κ1) is 9.45. The molecule has 0 heterocycles. The molecule has 0 bridgehead atoms. The van der Waals surface area contributed by atoms with E-state index < -0.39 is 11.9 Å². The van der Waals surface area contributed by atoms with Gasteiger partial charge in [0.2, 0.25) is 5.91 Å². The first-order chi connectivity index (χ1) is 6.59. The summed E-state index contributed by atoms with van der Waals surface area (Å²) in [5.74, 6) is -1.82. The first-order valence-corrected chi connectivity index (χ1v) is 4.88. The molecule has 5 heteroatoms. The fourth-order valence-corrected chi connectivity index (χ4v) is 1.78. The Balaban J connectivity index is 1.83. The molecule has 0 radical (unpaired) electrons. The average Bonchev–Trinajstić information content (AvgIpc) is 2.61. The Morgan fingerprint density at radius 1 is 1.29 bits per heavy atom. The van der Waals surface area contributed by atoms with E-state index in [4.69, 9.17) is 10.8 Å². The summed E-state index contributed by atoms with van der Waals surface area (Å²) in [4.78, 5) is 22.2. The van der Waals surface area contributed by atoms with Crippen LogP contribution in [0.1, 0.15) is 19.3 Å². The Hall–Kier alpha value is -1.10. The van der Waals surface area contributed by atoms with Gasteiger partial charge in [-0.2, -0.15) is 0 Å². The normalized spacial score (nSPS) is 39.8. The summed E-state index contributed by atoms with van der Waals surface area (Å²) in [5.41, 5.74) is 5.54. The van der Waals surface area contributed by atoms with Crippen molar-refractivity contribution in [2.45, 2.75) is 31.3 Å². The van der Waals surface area contributed by atoms with Crippen molar-refractivity contribution in [1.29, 1.82) is 0 Å². The zero-order valence-electron chi connectivity index (χ0n) is 7.77. The quantitative estimate of drug-likeness (QED) is 0.559. The molecule has 2 rings (SSSR count). The molecule has 2 aliphatic rings. The van der Waals surface area contributed by atoms with Crippen LogP contribution in [0, 0.1) is 11.8 Å². The number of hydrogen-bond donors (Lipinski definition) is 3. The van der Waals surface area contributed by atoms with Crippen LogP contribution >= 0.6 is 0 Å². The first-order valence-electron chi connectivity index (χ1n) is 4.88. The Morgan fingerprint density at radius 2 is 1.86 bits per heavy atom. The maximum absolute atomic E-state index is 11.5. The fourth-order valence-electron chi connectivity index (χ4n) is 1.78. The highest BCUT2D eigenvalue weighted by Crippen LogP contribution is 2.35.